The molecule has 0 saturated carbocycles. The minimum Gasteiger partial charge on any atom is -0.453 e. The van der Waals surface area contributed by atoms with Crippen LogP contribution in [-0.2, 0) is 0 Å². The fraction of sp³-hybridized carbons (Fsp3) is 0. The molecule has 19 heavy (non-hydrogen) atoms. The molecule has 3 nitrogen and oxygen atoms in total. The summed E-state index contributed by atoms with van der Waals surface area (Å²) < 4.78 is 5.94. The summed E-state index contributed by atoms with van der Waals surface area (Å²) in [5.74, 6) is 1.72. The number of aromatic nitrogens is 1. The summed E-state index contributed by atoms with van der Waals surface area (Å²) in [5.41, 5.74) is 2.05. The van der Waals surface area contributed by atoms with Crippen molar-refractivity contribution in [1.82, 2.24) is 4.98 Å². The number of thiazole rings is 1. The third-order valence-corrected chi connectivity index (χ3v) is 3.80. The normalized spacial score (nSPS) is 12.5. The number of hydrogen-bond acceptors (Lipinski definition) is 4. The second-order valence-corrected chi connectivity index (χ2v) is 5.06. The Morgan fingerprint density at radius 3 is 2.11 bits per heavy atom. The van der Waals surface area contributed by atoms with Crippen molar-refractivity contribution in [3.8, 4) is 11.5 Å². The molecule has 0 saturated heterocycles. The first-order valence-corrected chi connectivity index (χ1v) is 6.87. The highest BCUT2D eigenvalue weighted by molar-refractivity contribution is 7.13. The second-order valence-electron chi connectivity index (χ2n) is 4.19. The molecule has 0 unspecified atom stereocenters. The van der Waals surface area contributed by atoms with Gasteiger partial charge < -0.3 is 4.74 Å². The van der Waals surface area contributed by atoms with Crippen LogP contribution >= 0.6 is 11.3 Å². The first kappa shape index (κ1) is 10.6. The standard InChI is InChI=1S/C15H10N2OS/c1-3-7-13-11(5-1)17(15-16-9-10-19-15)12-6-2-4-8-14(12)18-13/h1-10H. The zero-order valence-electron chi connectivity index (χ0n) is 9.98. The Balaban J connectivity index is 1.98. The molecule has 2 heterocycles. The first-order valence-electron chi connectivity index (χ1n) is 5.99. The van der Waals surface area contributed by atoms with Crippen LogP contribution in [0.4, 0.5) is 16.5 Å². The molecule has 3 aromatic rings. The molecule has 4 rings (SSSR count). The van der Waals surface area contributed by atoms with E-state index in [0.717, 1.165) is 28.0 Å². The van der Waals surface area contributed by atoms with E-state index in [9.17, 15) is 0 Å². The predicted molar refractivity (Wildman–Crippen MR) is 76.9 cm³/mol. The third-order valence-electron chi connectivity index (χ3n) is 3.04. The van der Waals surface area contributed by atoms with Crippen molar-refractivity contribution in [2.24, 2.45) is 0 Å². The van der Waals surface area contributed by atoms with Crippen LogP contribution in [0, 0.1) is 0 Å². The molecular formula is C15H10N2OS. The fourth-order valence-electron chi connectivity index (χ4n) is 2.24. The lowest BCUT2D eigenvalue weighted by Crippen LogP contribution is -2.15. The molecule has 0 N–H and O–H groups in total. The third kappa shape index (κ3) is 1.61. The van der Waals surface area contributed by atoms with Crippen LogP contribution < -0.4 is 9.64 Å². The molecule has 4 heteroatoms. The maximum absolute atomic E-state index is 5.94. The summed E-state index contributed by atoms with van der Waals surface area (Å²) in [6, 6.07) is 16.0. The summed E-state index contributed by atoms with van der Waals surface area (Å²) in [7, 11) is 0. The molecule has 1 aliphatic rings. The van der Waals surface area contributed by atoms with E-state index in [1.807, 2.05) is 60.1 Å². The van der Waals surface area contributed by atoms with E-state index in [1.54, 1.807) is 11.3 Å². The van der Waals surface area contributed by atoms with Crippen LogP contribution in [0.2, 0.25) is 0 Å². The summed E-state index contributed by atoms with van der Waals surface area (Å²) in [4.78, 5) is 6.56. The van der Waals surface area contributed by atoms with Crippen LogP contribution in [0.5, 0.6) is 11.5 Å². The molecular weight excluding hydrogens is 256 g/mol. The number of anilines is 3. The number of rotatable bonds is 1. The SMILES string of the molecule is c1ccc2c(c1)Oc1ccccc1N2c1nccs1. The van der Waals surface area contributed by atoms with Gasteiger partial charge in [-0.2, -0.15) is 0 Å². The zero-order valence-corrected chi connectivity index (χ0v) is 10.8. The van der Waals surface area contributed by atoms with Gasteiger partial charge in [0.05, 0.1) is 11.4 Å². The van der Waals surface area contributed by atoms with E-state index in [-0.39, 0.29) is 0 Å². The topological polar surface area (TPSA) is 25.4 Å². The van der Waals surface area contributed by atoms with Crippen molar-refractivity contribution in [3.05, 3.63) is 60.1 Å². The molecule has 1 aliphatic heterocycles. The van der Waals surface area contributed by atoms with Crippen molar-refractivity contribution >= 4 is 27.8 Å². The van der Waals surface area contributed by atoms with Gasteiger partial charge in [0.2, 0.25) is 0 Å². The molecule has 0 atom stereocenters. The molecule has 2 aromatic carbocycles. The van der Waals surface area contributed by atoms with E-state index in [0.29, 0.717) is 0 Å². The summed E-state index contributed by atoms with van der Waals surface area (Å²) in [6.07, 6.45) is 1.82. The molecule has 0 aliphatic carbocycles. The summed E-state index contributed by atoms with van der Waals surface area (Å²) in [6.45, 7) is 0. The van der Waals surface area contributed by atoms with Gasteiger partial charge in [-0.05, 0) is 24.3 Å². The lowest BCUT2D eigenvalue weighted by atomic mass is 10.2. The average molecular weight is 266 g/mol. The molecule has 1 aromatic heterocycles. The van der Waals surface area contributed by atoms with Gasteiger partial charge in [-0.15, -0.1) is 11.3 Å². The quantitative estimate of drug-likeness (QED) is 0.498. The van der Waals surface area contributed by atoms with Crippen molar-refractivity contribution < 1.29 is 4.74 Å². The second kappa shape index (κ2) is 4.10. The van der Waals surface area contributed by atoms with E-state index in [4.69, 9.17) is 4.74 Å². The van der Waals surface area contributed by atoms with Crippen LogP contribution in [0.1, 0.15) is 0 Å². The summed E-state index contributed by atoms with van der Waals surface area (Å²) in [5, 5.41) is 2.93. The maximum Gasteiger partial charge on any atom is 0.194 e. The Kier molecular flexibility index (Phi) is 2.28. The van der Waals surface area contributed by atoms with Crippen LogP contribution in [0.15, 0.2) is 60.1 Å². The number of para-hydroxylation sites is 4. The lowest BCUT2D eigenvalue weighted by Gasteiger charge is -2.30. The van der Waals surface area contributed by atoms with Crippen molar-refractivity contribution in [3.63, 3.8) is 0 Å². The number of fused-ring (bicyclic) bond motifs is 2. The Bertz CT molecular complexity index is 679. The van der Waals surface area contributed by atoms with E-state index >= 15 is 0 Å². The van der Waals surface area contributed by atoms with Crippen LogP contribution in [0.3, 0.4) is 0 Å². The van der Waals surface area contributed by atoms with Crippen LogP contribution in [0.25, 0.3) is 0 Å². The fourth-order valence-corrected chi connectivity index (χ4v) is 2.90. The monoisotopic (exact) mass is 266 g/mol. The minimum absolute atomic E-state index is 0.858. The maximum atomic E-state index is 5.94. The molecule has 0 amide bonds. The predicted octanol–water partition coefficient (Wildman–Crippen LogP) is 4.72. The number of hydrogen-bond donors (Lipinski definition) is 0. The van der Waals surface area contributed by atoms with Gasteiger partial charge in [-0.1, -0.05) is 24.3 Å². The largest absolute Gasteiger partial charge is 0.453 e. The van der Waals surface area contributed by atoms with E-state index in [1.165, 1.54) is 0 Å². The van der Waals surface area contributed by atoms with Gasteiger partial charge in [0.25, 0.3) is 0 Å². The molecule has 0 bridgehead atoms. The van der Waals surface area contributed by atoms with E-state index in [2.05, 4.69) is 9.88 Å². The van der Waals surface area contributed by atoms with E-state index < -0.39 is 0 Å². The number of ether oxygens (including phenoxy) is 1. The van der Waals surface area contributed by atoms with Gasteiger partial charge in [0.1, 0.15) is 0 Å². The molecule has 92 valence electrons. The highest BCUT2D eigenvalue weighted by Gasteiger charge is 2.26. The van der Waals surface area contributed by atoms with Crippen molar-refractivity contribution in [1.29, 1.82) is 0 Å². The molecule has 0 spiro atoms. The zero-order chi connectivity index (χ0) is 12.7. The number of nitrogens with zero attached hydrogens (tertiary/aromatic N) is 2. The van der Waals surface area contributed by atoms with Gasteiger partial charge in [-0.3, -0.25) is 4.90 Å². The summed E-state index contributed by atoms with van der Waals surface area (Å²) >= 11 is 1.62. The average Bonchev–Trinajstić information content (AvgIpc) is 2.98. The smallest absolute Gasteiger partial charge is 0.194 e. The van der Waals surface area contributed by atoms with Crippen molar-refractivity contribution in [2.45, 2.75) is 0 Å². The molecule has 0 radical (unpaired) electrons. The minimum atomic E-state index is 0.858. The van der Waals surface area contributed by atoms with Gasteiger partial charge in [-0.25, -0.2) is 4.98 Å². The first-order chi connectivity index (χ1) is 9.43. The highest BCUT2D eigenvalue weighted by atomic mass is 32.1. The van der Waals surface area contributed by atoms with Gasteiger partial charge in [0.15, 0.2) is 16.6 Å². The Hall–Kier alpha value is -2.33. The Morgan fingerprint density at radius 2 is 1.53 bits per heavy atom. The lowest BCUT2D eigenvalue weighted by molar-refractivity contribution is 0.477. The van der Waals surface area contributed by atoms with Crippen molar-refractivity contribution in [2.75, 3.05) is 4.90 Å². The van der Waals surface area contributed by atoms with Crippen LogP contribution in [-0.4, -0.2) is 4.98 Å². The Labute approximate surface area is 114 Å². The van der Waals surface area contributed by atoms with Gasteiger partial charge >= 0.3 is 0 Å². The highest BCUT2D eigenvalue weighted by Crippen LogP contribution is 2.50. The number of benzene rings is 2. The molecule has 0 fully saturated rings. The Morgan fingerprint density at radius 1 is 0.895 bits per heavy atom. The van der Waals surface area contributed by atoms with Gasteiger partial charge in [0, 0.05) is 11.6 Å².